The molecule has 0 saturated carbocycles. The average molecular weight is 359 g/mol. The molecular formula is C18H17NO7. The molecule has 1 heterocycles. The number of hydrogen-bond acceptors (Lipinski definition) is 6. The number of rotatable bonds is 6. The van der Waals surface area contributed by atoms with Crippen LogP contribution in [0.15, 0.2) is 42.5 Å². The maximum absolute atomic E-state index is 12.0. The van der Waals surface area contributed by atoms with Gasteiger partial charge in [-0.1, -0.05) is 30.3 Å². The zero-order chi connectivity index (χ0) is 18.5. The lowest BCUT2D eigenvalue weighted by Crippen LogP contribution is -2.34. The first-order valence-electron chi connectivity index (χ1n) is 7.76. The van der Waals surface area contributed by atoms with Gasteiger partial charge >= 0.3 is 12.1 Å². The van der Waals surface area contributed by atoms with E-state index in [-0.39, 0.29) is 19.0 Å². The van der Waals surface area contributed by atoms with Crippen molar-refractivity contribution in [2.45, 2.75) is 12.6 Å². The van der Waals surface area contributed by atoms with E-state index in [0.29, 0.717) is 17.2 Å². The van der Waals surface area contributed by atoms with E-state index >= 15 is 0 Å². The van der Waals surface area contributed by atoms with E-state index in [9.17, 15) is 14.7 Å². The molecule has 0 saturated heterocycles. The van der Waals surface area contributed by atoms with Crippen LogP contribution < -0.4 is 19.5 Å². The summed E-state index contributed by atoms with van der Waals surface area (Å²) in [6, 6.07) is 10.7. The fraction of sp³-hybridized carbons (Fsp3) is 0.222. The molecule has 0 bridgehead atoms. The van der Waals surface area contributed by atoms with Crippen LogP contribution >= 0.6 is 0 Å². The molecular weight excluding hydrogens is 342 g/mol. The molecule has 2 aromatic carbocycles. The van der Waals surface area contributed by atoms with E-state index in [4.69, 9.17) is 18.9 Å². The fourth-order valence-corrected chi connectivity index (χ4v) is 2.49. The molecule has 0 aliphatic carbocycles. The number of ether oxygens (including phenoxy) is 4. The second-order valence-corrected chi connectivity index (χ2v) is 5.43. The monoisotopic (exact) mass is 359 g/mol. The minimum absolute atomic E-state index is 0.0133. The second kappa shape index (κ2) is 7.64. The maximum Gasteiger partial charge on any atom is 0.408 e. The SMILES string of the molecule is COc1cc(C(NC(=O)OCc2ccccc2)C(=O)O)cc2c1OCO2. The summed E-state index contributed by atoms with van der Waals surface area (Å²) in [5, 5.41) is 11.8. The lowest BCUT2D eigenvalue weighted by atomic mass is 10.1. The predicted molar refractivity (Wildman–Crippen MR) is 89.3 cm³/mol. The highest BCUT2D eigenvalue weighted by atomic mass is 16.7. The van der Waals surface area contributed by atoms with Crippen LogP contribution in [0, 0.1) is 0 Å². The van der Waals surface area contributed by atoms with Crippen LogP contribution in [0.25, 0.3) is 0 Å². The Labute approximate surface area is 149 Å². The van der Waals surface area contributed by atoms with Crippen molar-refractivity contribution in [3.05, 3.63) is 53.6 Å². The van der Waals surface area contributed by atoms with Crippen LogP contribution in [0.1, 0.15) is 17.2 Å². The zero-order valence-electron chi connectivity index (χ0n) is 13.9. The summed E-state index contributed by atoms with van der Waals surface area (Å²) < 4.78 is 20.8. The quantitative estimate of drug-likeness (QED) is 0.816. The van der Waals surface area contributed by atoms with E-state index in [0.717, 1.165) is 5.56 Å². The van der Waals surface area contributed by atoms with Crippen molar-refractivity contribution in [3.8, 4) is 17.2 Å². The van der Waals surface area contributed by atoms with Gasteiger partial charge in [-0.25, -0.2) is 9.59 Å². The predicted octanol–water partition coefficient (Wildman–Crippen LogP) is 2.48. The Morgan fingerprint density at radius 3 is 2.69 bits per heavy atom. The Bertz CT molecular complexity index is 807. The van der Waals surface area contributed by atoms with E-state index in [1.807, 2.05) is 18.2 Å². The Morgan fingerprint density at radius 2 is 2.00 bits per heavy atom. The van der Waals surface area contributed by atoms with E-state index in [1.54, 1.807) is 12.1 Å². The largest absolute Gasteiger partial charge is 0.493 e. The highest BCUT2D eigenvalue weighted by Gasteiger charge is 2.28. The molecule has 0 fully saturated rings. The Kier molecular flexibility index (Phi) is 5.12. The summed E-state index contributed by atoms with van der Waals surface area (Å²) in [6.07, 6.45) is -0.849. The molecule has 2 N–H and O–H groups in total. The highest BCUT2D eigenvalue weighted by Crippen LogP contribution is 2.43. The van der Waals surface area contributed by atoms with Crippen LogP contribution in [0.5, 0.6) is 17.2 Å². The van der Waals surface area contributed by atoms with Gasteiger partial charge < -0.3 is 29.4 Å². The number of hydrogen-bond donors (Lipinski definition) is 2. The molecule has 0 radical (unpaired) electrons. The van der Waals surface area contributed by atoms with Gasteiger partial charge in [0.25, 0.3) is 0 Å². The maximum atomic E-state index is 12.0. The first-order chi connectivity index (χ1) is 12.6. The summed E-state index contributed by atoms with van der Waals surface area (Å²) in [5.74, 6) is -0.180. The molecule has 26 heavy (non-hydrogen) atoms. The number of aliphatic carboxylic acids is 1. The molecule has 3 rings (SSSR count). The summed E-state index contributed by atoms with van der Waals surface area (Å²) in [6.45, 7) is 0.0445. The van der Waals surface area contributed by atoms with Gasteiger partial charge in [0, 0.05) is 0 Å². The fourth-order valence-electron chi connectivity index (χ4n) is 2.49. The zero-order valence-corrected chi connectivity index (χ0v) is 13.9. The molecule has 8 heteroatoms. The average Bonchev–Trinajstić information content (AvgIpc) is 3.13. The lowest BCUT2D eigenvalue weighted by Gasteiger charge is -2.16. The Morgan fingerprint density at radius 1 is 1.23 bits per heavy atom. The third-order valence-electron chi connectivity index (χ3n) is 3.74. The number of carbonyl (C=O) groups is 2. The Balaban J connectivity index is 1.73. The van der Waals surface area contributed by atoms with Crippen LogP contribution in [-0.4, -0.2) is 31.1 Å². The van der Waals surface area contributed by atoms with Gasteiger partial charge in [-0.05, 0) is 23.3 Å². The van der Waals surface area contributed by atoms with Crippen molar-refractivity contribution in [1.29, 1.82) is 0 Å². The van der Waals surface area contributed by atoms with Crippen LogP contribution in [0.4, 0.5) is 4.79 Å². The highest BCUT2D eigenvalue weighted by molar-refractivity contribution is 5.82. The smallest absolute Gasteiger partial charge is 0.408 e. The number of fused-ring (bicyclic) bond motifs is 1. The second-order valence-electron chi connectivity index (χ2n) is 5.43. The molecule has 1 aliphatic rings. The Hall–Kier alpha value is -3.42. The van der Waals surface area contributed by atoms with E-state index in [1.165, 1.54) is 19.2 Å². The number of methoxy groups -OCH3 is 1. The van der Waals surface area contributed by atoms with Gasteiger partial charge in [-0.3, -0.25) is 0 Å². The normalized spacial score (nSPS) is 13.0. The van der Waals surface area contributed by atoms with E-state index < -0.39 is 18.1 Å². The molecule has 136 valence electrons. The third-order valence-corrected chi connectivity index (χ3v) is 3.74. The number of carboxylic acids is 1. The van der Waals surface area contributed by atoms with Crippen molar-refractivity contribution in [3.63, 3.8) is 0 Å². The van der Waals surface area contributed by atoms with Crippen molar-refractivity contribution >= 4 is 12.1 Å². The van der Waals surface area contributed by atoms with Crippen LogP contribution in [0.2, 0.25) is 0 Å². The van der Waals surface area contributed by atoms with Crippen molar-refractivity contribution in [1.82, 2.24) is 5.32 Å². The lowest BCUT2D eigenvalue weighted by molar-refractivity contribution is -0.139. The number of alkyl carbamates (subject to hydrolysis) is 1. The number of benzene rings is 2. The van der Waals surface area contributed by atoms with Crippen molar-refractivity contribution < 1.29 is 33.6 Å². The molecule has 1 amide bonds. The van der Waals surface area contributed by atoms with Gasteiger partial charge in [0.05, 0.1) is 7.11 Å². The summed E-state index contributed by atoms with van der Waals surface area (Å²) in [7, 11) is 1.43. The first-order valence-corrected chi connectivity index (χ1v) is 7.76. The number of amides is 1. The molecule has 1 atom stereocenters. The van der Waals surface area contributed by atoms with Crippen LogP contribution in [-0.2, 0) is 16.1 Å². The first kappa shape index (κ1) is 17.4. The van der Waals surface area contributed by atoms with Gasteiger partial charge in [-0.15, -0.1) is 0 Å². The summed E-state index contributed by atoms with van der Waals surface area (Å²) in [5.41, 5.74) is 1.06. The topological polar surface area (TPSA) is 103 Å². The number of carbonyl (C=O) groups excluding carboxylic acids is 1. The third kappa shape index (κ3) is 3.80. The molecule has 0 spiro atoms. The van der Waals surface area contributed by atoms with Crippen LogP contribution in [0.3, 0.4) is 0 Å². The summed E-state index contributed by atoms with van der Waals surface area (Å²) >= 11 is 0. The molecule has 8 nitrogen and oxygen atoms in total. The van der Waals surface area contributed by atoms with Gasteiger partial charge in [0.15, 0.2) is 17.5 Å². The molecule has 0 aromatic heterocycles. The minimum Gasteiger partial charge on any atom is -0.493 e. The number of nitrogens with one attached hydrogen (secondary N) is 1. The standard InChI is InChI=1S/C18H17NO7/c1-23-13-7-12(8-14-16(13)26-10-25-14)15(17(20)21)19-18(22)24-9-11-5-3-2-4-6-11/h2-8,15H,9-10H2,1H3,(H,19,22)(H,20,21). The van der Waals surface area contributed by atoms with Crippen molar-refractivity contribution in [2.75, 3.05) is 13.9 Å². The summed E-state index contributed by atoms with van der Waals surface area (Å²) in [4.78, 5) is 23.6. The van der Waals surface area contributed by atoms with Gasteiger partial charge in [-0.2, -0.15) is 0 Å². The van der Waals surface area contributed by atoms with Crippen molar-refractivity contribution in [2.24, 2.45) is 0 Å². The molecule has 1 unspecified atom stereocenters. The van der Waals surface area contributed by atoms with Gasteiger partial charge in [0.2, 0.25) is 12.5 Å². The number of carboxylic acid groups (broad SMARTS) is 1. The minimum atomic E-state index is -1.33. The molecule has 2 aromatic rings. The van der Waals surface area contributed by atoms with Gasteiger partial charge in [0.1, 0.15) is 6.61 Å². The molecule has 1 aliphatic heterocycles. The van der Waals surface area contributed by atoms with E-state index in [2.05, 4.69) is 5.32 Å².